The highest BCUT2D eigenvalue weighted by molar-refractivity contribution is 7.91. The van der Waals surface area contributed by atoms with Gasteiger partial charge in [0.15, 0.2) is 9.84 Å². The largest absolute Gasteiger partial charge is 0.351 e. The molecule has 1 aliphatic rings. The molecule has 0 saturated carbocycles. The SMILES string of the molecule is CNCc1cncc(N2CCS(=O)(=O)CC2C)n1. The van der Waals surface area contributed by atoms with Crippen LogP contribution in [-0.4, -0.2) is 49.5 Å². The number of hydrogen-bond acceptors (Lipinski definition) is 6. The molecule has 1 aliphatic heterocycles. The fourth-order valence-corrected chi connectivity index (χ4v) is 3.69. The number of anilines is 1. The minimum absolute atomic E-state index is 0.0529. The number of nitrogens with one attached hydrogen (secondary N) is 1. The highest BCUT2D eigenvalue weighted by atomic mass is 32.2. The minimum Gasteiger partial charge on any atom is -0.351 e. The van der Waals surface area contributed by atoms with Crippen LogP contribution in [0.1, 0.15) is 12.6 Å². The first kappa shape index (κ1) is 13.2. The van der Waals surface area contributed by atoms with Crippen LogP contribution in [0.3, 0.4) is 0 Å². The van der Waals surface area contributed by atoms with Crippen molar-refractivity contribution in [3.8, 4) is 0 Å². The molecule has 0 aliphatic carbocycles. The lowest BCUT2D eigenvalue weighted by Crippen LogP contribution is -2.47. The predicted octanol–water partition coefficient (Wildman–Crippen LogP) is -0.181. The van der Waals surface area contributed by atoms with Gasteiger partial charge in [-0.15, -0.1) is 0 Å². The summed E-state index contributed by atoms with van der Waals surface area (Å²) in [5.41, 5.74) is 0.857. The lowest BCUT2D eigenvalue weighted by Gasteiger charge is -2.33. The number of aromatic nitrogens is 2. The van der Waals surface area contributed by atoms with Crippen molar-refractivity contribution in [3.63, 3.8) is 0 Å². The second-order valence-electron chi connectivity index (χ2n) is 4.56. The standard InChI is InChI=1S/C11H18N4O2S/c1-9-8-18(16,17)4-3-15(9)11-7-13-6-10(14-11)5-12-2/h6-7,9,12H,3-5,8H2,1-2H3. The second kappa shape index (κ2) is 5.19. The molecule has 2 heterocycles. The predicted molar refractivity (Wildman–Crippen MR) is 70.3 cm³/mol. The average Bonchev–Trinajstić information content (AvgIpc) is 2.28. The van der Waals surface area contributed by atoms with Gasteiger partial charge in [0.2, 0.25) is 0 Å². The summed E-state index contributed by atoms with van der Waals surface area (Å²) in [5, 5.41) is 3.02. The van der Waals surface area contributed by atoms with Crippen LogP contribution in [0, 0.1) is 0 Å². The molecule has 7 heteroatoms. The maximum atomic E-state index is 11.5. The molecule has 1 unspecified atom stereocenters. The molecule has 100 valence electrons. The van der Waals surface area contributed by atoms with E-state index in [-0.39, 0.29) is 17.5 Å². The summed E-state index contributed by atoms with van der Waals surface area (Å²) < 4.78 is 23.1. The van der Waals surface area contributed by atoms with E-state index in [0.717, 1.165) is 11.5 Å². The first-order chi connectivity index (χ1) is 8.52. The summed E-state index contributed by atoms with van der Waals surface area (Å²) in [6, 6.07) is -0.0529. The molecule has 0 radical (unpaired) electrons. The van der Waals surface area contributed by atoms with Crippen LogP contribution in [-0.2, 0) is 16.4 Å². The monoisotopic (exact) mass is 270 g/mol. The van der Waals surface area contributed by atoms with E-state index >= 15 is 0 Å². The van der Waals surface area contributed by atoms with Gasteiger partial charge in [-0.3, -0.25) is 4.98 Å². The zero-order valence-electron chi connectivity index (χ0n) is 10.6. The Kier molecular flexibility index (Phi) is 3.82. The van der Waals surface area contributed by atoms with Gasteiger partial charge in [0, 0.05) is 25.3 Å². The maximum absolute atomic E-state index is 11.5. The van der Waals surface area contributed by atoms with Gasteiger partial charge >= 0.3 is 0 Å². The third-order valence-electron chi connectivity index (χ3n) is 2.99. The van der Waals surface area contributed by atoms with E-state index in [1.807, 2.05) is 18.9 Å². The summed E-state index contributed by atoms with van der Waals surface area (Å²) in [6.45, 7) is 3.05. The van der Waals surface area contributed by atoms with E-state index in [1.165, 1.54) is 0 Å². The molecular formula is C11H18N4O2S. The molecule has 0 spiro atoms. The molecule has 0 bridgehead atoms. The van der Waals surface area contributed by atoms with Crippen molar-refractivity contribution >= 4 is 15.7 Å². The van der Waals surface area contributed by atoms with Crippen molar-refractivity contribution in [2.75, 3.05) is 30.0 Å². The summed E-state index contributed by atoms with van der Waals surface area (Å²) in [5.74, 6) is 1.13. The first-order valence-electron chi connectivity index (χ1n) is 5.94. The van der Waals surface area contributed by atoms with Crippen LogP contribution >= 0.6 is 0 Å². The van der Waals surface area contributed by atoms with Gasteiger partial charge in [-0.1, -0.05) is 0 Å². The average molecular weight is 270 g/mol. The van der Waals surface area contributed by atoms with Gasteiger partial charge in [0.25, 0.3) is 0 Å². The number of sulfone groups is 1. The zero-order valence-corrected chi connectivity index (χ0v) is 11.4. The van der Waals surface area contributed by atoms with E-state index in [4.69, 9.17) is 0 Å². The van der Waals surface area contributed by atoms with E-state index in [9.17, 15) is 8.42 Å². The molecule has 2 rings (SSSR count). The lowest BCUT2D eigenvalue weighted by molar-refractivity contribution is 0.566. The molecule has 1 N–H and O–H groups in total. The zero-order chi connectivity index (χ0) is 13.2. The van der Waals surface area contributed by atoms with Crippen molar-refractivity contribution in [2.24, 2.45) is 0 Å². The van der Waals surface area contributed by atoms with E-state index in [1.54, 1.807) is 12.4 Å². The fourth-order valence-electron chi connectivity index (χ4n) is 2.14. The molecule has 0 amide bonds. The maximum Gasteiger partial charge on any atom is 0.154 e. The number of rotatable bonds is 3. The normalized spacial score (nSPS) is 23.0. The van der Waals surface area contributed by atoms with Gasteiger partial charge in [0.05, 0.1) is 23.4 Å². The Hall–Kier alpha value is -1.21. The van der Waals surface area contributed by atoms with Crippen molar-refractivity contribution in [2.45, 2.75) is 19.5 Å². The van der Waals surface area contributed by atoms with Gasteiger partial charge in [-0.05, 0) is 14.0 Å². The first-order valence-corrected chi connectivity index (χ1v) is 7.76. The van der Waals surface area contributed by atoms with Crippen molar-refractivity contribution in [1.82, 2.24) is 15.3 Å². The Bertz CT molecular complexity index is 518. The number of hydrogen-bond donors (Lipinski definition) is 1. The van der Waals surface area contributed by atoms with Crippen molar-refractivity contribution in [3.05, 3.63) is 18.1 Å². The topological polar surface area (TPSA) is 75.2 Å². The van der Waals surface area contributed by atoms with Crippen LogP contribution in [0.5, 0.6) is 0 Å². The molecule has 1 fully saturated rings. The van der Waals surface area contributed by atoms with Crippen LogP contribution < -0.4 is 10.2 Å². The highest BCUT2D eigenvalue weighted by Gasteiger charge is 2.29. The van der Waals surface area contributed by atoms with Gasteiger partial charge < -0.3 is 10.2 Å². The Balaban J connectivity index is 2.19. The molecule has 1 saturated heterocycles. The summed E-state index contributed by atoms with van der Waals surface area (Å²) >= 11 is 0. The van der Waals surface area contributed by atoms with Crippen LogP contribution in [0.2, 0.25) is 0 Å². The molecule has 1 atom stereocenters. The van der Waals surface area contributed by atoms with Gasteiger partial charge in [-0.25, -0.2) is 13.4 Å². The van der Waals surface area contributed by atoms with Crippen molar-refractivity contribution in [1.29, 1.82) is 0 Å². The summed E-state index contributed by atoms with van der Waals surface area (Å²) in [4.78, 5) is 10.7. The molecule has 1 aromatic rings. The molecule has 1 aromatic heterocycles. The molecule has 18 heavy (non-hydrogen) atoms. The number of nitrogens with zero attached hydrogens (tertiary/aromatic N) is 3. The van der Waals surface area contributed by atoms with Crippen LogP contribution in [0.15, 0.2) is 12.4 Å². The van der Waals surface area contributed by atoms with Crippen LogP contribution in [0.25, 0.3) is 0 Å². The summed E-state index contributed by atoms with van der Waals surface area (Å²) in [6.07, 6.45) is 3.40. The van der Waals surface area contributed by atoms with Crippen molar-refractivity contribution < 1.29 is 8.42 Å². The Morgan fingerprint density at radius 1 is 1.50 bits per heavy atom. The fraction of sp³-hybridized carbons (Fsp3) is 0.636. The Morgan fingerprint density at radius 3 is 2.94 bits per heavy atom. The second-order valence-corrected chi connectivity index (χ2v) is 6.78. The molecule has 0 aromatic carbocycles. The lowest BCUT2D eigenvalue weighted by atomic mass is 10.3. The Morgan fingerprint density at radius 2 is 2.28 bits per heavy atom. The van der Waals surface area contributed by atoms with E-state index in [2.05, 4.69) is 15.3 Å². The van der Waals surface area contributed by atoms with Gasteiger partial charge in [0.1, 0.15) is 5.82 Å². The smallest absolute Gasteiger partial charge is 0.154 e. The summed E-state index contributed by atoms with van der Waals surface area (Å²) in [7, 11) is -1.04. The van der Waals surface area contributed by atoms with E-state index < -0.39 is 9.84 Å². The van der Waals surface area contributed by atoms with Gasteiger partial charge in [-0.2, -0.15) is 0 Å². The minimum atomic E-state index is -2.90. The molecular weight excluding hydrogens is 252 g/mol. The van der Waals surface area contributed by atoms with Crippen LogP contribution in [0.4, 0.5) is 5.82 Å². The highest BCUT2D eigenvalue weighted by Crippen LogP contribution is 2.18. The Labute approximate surface area is 107 Å². The third-order valence-corrected chi connectivity index (χ3v) is 4.79. The van der Waals surface area contributed by atoms with E-state index in [0.29, 0.717) is 13.1 Å². The third kappa shape index (κ3) is 2.97. The molecule has 6 nitrogen and oxygen atoms in total. The quantitative estimate of drug-likeness (QED) is 0.821.